The van der Waals surface area contributed by atoms with E-state index in [-0.39, 0.29) is 18.2 Å². The highest BCUT2D eigenvalue weighted by Gasteiger charge is 2.43. The summed E-state index contributed by atoms with van der Waals surface area (Å²) in [5.41, 5.74) is 1.25. The zero-order valence-corrected chi connectivity index (χ0v) is 11.0. The van der Waals surface area contributed by atoms with Crippen LogP contribution in [0.5, 0.6) is 0 Å². The second kappa shape index (κ2) is 4.85. The van der Waals surface area contributed by atoms with Crippen molar-refractivity contribution in [2.75, 3.05) is 6.61 Å². The smallest absolute Gasteiger partial charge is 0.306 e. The largest absolute Gasteiger partial charge is 0.466 e. The molecule has 0 fully saturated rings. The fourth-order valence-corrected chi connectivity index (χ4v) is 2.53. The van der Waals surface area contributed by atoms with Crippen LogP contribution in [0.25, 0.3) is 0 Å². The van der Waals surface area contributed by atoms with E-state index >= 15 is 0 Å². The summed E-state index contributed by atoms with van der Waals surface area (Å²) in [6.45, 7) is 3.83. The summed E-state index contributed by atoms with van der Waals surface area (Å²) in [6, 6.07) is 7.09. The molecule has 2 rings (SSSR count). The summed E-state index contributed by atoms with van der Waals surface area (Å²) in [4.78, 5) is 24.0. The lowest BCUT2D eigenvalue weighted by molar-refractivity contribution is -0.145. The SMILES string of the molecule is CCOC(=O)CC1(C)Cc2cc(C#N)ccc2C1=O. The summed E-state index contributed by atoms with van der Waals surface area (Å²) in [5, 5.41) is 8.87. The molecule has 4 heteroatoms. The molecule has 0 saturated carbocycles. The van der Waals surface area contributed by atoms with E-state index < -0.39 is 5.41 Å². The van der Waals surface area contributed by atoms with Crippen molar-refractivity contribution in [3.05, 3.63) is 34.9 Å². The van der Waals surface area contributed by atoms with Crippen molar-refractivity contribution in [3.63, 3.8) is 0 Å². The van der Waals surface area contributed by atoms with Gasteiger partial charge >= 0.3 is 5.97 Å². The zero-order chi connectivity index (χ0) is 14.0. The highest BCUT2D eigenvalue weighted by Crippen LogP contribution is 2.39. The first-order chi connectivity index (χ1) is 9.00. The molecule has 0 saturated heterocycles. The zero-order valence-electron chi connectivity index (χ0n) is 11.0. The number of nitriles is 1. The Balaban J connectivity index is 2.27. The number of fused-ring (bicyclic) bond motifs is 1. The standard InChI is InChI=1S/C15H15NO3/c1-3-19-13(17)8-15(2)7-11-6-10(9-16)4-5-12(11)14(15)18/h4-6H,3,7-8H2,1-2H3. The van der Waals surface area contributed by atoms with Crippen molar-refractivity contribution in [2.45, 2.75) is 26.7 Å². The Hall–Kier alpha value is -2.15. The molecule has 1 aromatic rings. The maximum Gasteiger partial charge on any atom is 0.306 e. The Morgan fingerprint density at radius 1 is 1.53 bits per heavy atom. The molecule has 4 nitrogen and oxygen atoms in total. The molecule has 1 aromatic carbocycles. The number of carbonyl (C=O) groups excluding carboxylic acids is 2. The van der Waals surface area contributed by atoms with Crippen LogP contribution in [0, 0.1) is 16.7 Å². The number of carbonyl (C=O) groups is 2. The van der Waals surface area contributed by atoms with Crippen molar-refractivity contribution >= 4 is 11.8 Å². The number of nitrogens with zero attached hydrogens (tertiary/aromatic N) is 1. The van der Waals surface area contributed by atoms with Crippen LogP contribution in [-0.2, 0) is 16.0 Å². The molecule has 0 spiro atoms. The predicted molar refractivity (Wildman–Crippen MR) is 68.5 cm³/mol. The topological polar surface area (TPSA) is 67.2 Å². The van der Waals surface area contributed by atoms with E-state index in [2.05, 4.69) is 6.07 Å². The van der Waals surface area contributed by atoms with Crippen LogP contribution in [0.1, 0.15) is 41.8 Å². The molecule has 0 bridgehead atoms. The number of rotatable bonds is 3. The van der Waals surface area contributed by atoms with Gasteiger partial charge in [-0.2, -0.15) is 5.26 Å². The van der Waals surface area contributed by atoms with E-state index in [1.807, 2.05) is 0 Å². The summed E-state index contributed by atoms with van der Waals surface area (Å²) >= 11 is 0. The van der Waals surface area contributed by atoms with Gasteiger partial charge in [-0.1, -0.05) is 6.92 Å². The minimum atomic E-state index is -0.747. The molecular weight excluding hydrogens is 242 g/mol. The van der Waals surface area contributed by atoms with Gasteiger partial charge in [0.05, 0.1) is 24.7 Å². The van der Waals surface area contributed by atoms with Gasteiger partial charge in [-0.25, -0.2) is 0 Å². The lowest BCUT2D eigenvalue weighted by atomic mass is 9.83. The molecule has 1 aliphatic carbocycles. The molecule has 0 N–H and O–H groups in total. The number of hydrogen-bond donors (Lipinski definition) is 0. The van der Waals surface area contributed by atoms with Gasteiger partial charge in [-0.15, -0.1) is 0 Å². The van der Waals surface area contributed by atoms with Crippen LogP contribution in [0.15, 0.2) is 18.2 Å². The fourth-order valence-electron chi connectivity index (χ4n) is 2.53. The molecule has 0 heterocycles. The lowest BCUT2D eigenvalue weighted by Gasteiger charge is -2.20. The molecule has 0 radical (unpaired) electrons. The highest BCUT2D eigenvalue weighted by atomic mass is 16.5. The molecule has 1 unspecified atom stereocenters. The quantitative estimate of drug-likeness (QED) is 0.779. The van der Waals surface area contributed by atoms with Gasteiger partial charge < -0.3 is 4.74 Å². The van der Waals surface area contributed by atoms with Gasteiger partial charge in [0, 0.05) is 11.0 Å². The van der Waals surface area contributed by atoms with E-state index in [1.54, 1.807) is 32.0 Å². The number of esters is 1. The van der Waals surface area contributed by atoms with E-state index in [4.69, 9.17) is 10.00 Å². The Bertz CT molecular complexity index is 586. The third kappa shape index (κ3) is 2.37. The highest BCUT2D eigenvalue weighted by molar-refractivity contribution is 6.06. The van der Waals surface area contributed by atoms with Gasteiger partial charge in [0.15, 0.2) is 5.78 Å². The second-order valence-electron chi connectivity index (χ2n) is 5.03. The first-order valence-corrected chi connectivity index (χ1v) is 6.23. The van der Waals surface area contributed by atoms with Crippen molar-refractivity contribution < 1.29 is 14.3 Å². The predicted octanol–water partition coefficient (Wildman–Crippen LogP) is 2.26. The second-order valence-corrected chi connectivity index (χ2v) is 5.03. The molecule has 19 heavy (non-hydrogen) atoms. The normalized spacial score (nSPS) is 20.8. The summed E-state index contributed by atoms with van der Waals surface area (Å²) in [7, 11) is 0. The molecule has 1 aliphatic rings. The maximum atomic E-state index is 12.4. The number of Topliss-reactive ketones (excluding diaryl/α,β-unsaturated/α-hetero) is 1. The van der Waals surface area contributed by atoms with E-state index in [0.29, 0.717) is 24.2 Å². The number of hydrogen-bond acceptors (Lipinski definition) is 4. The summed E-state index contributed by atoms with van der Waals surface area (Å²) < 4.78 is 4.92. The molecule has 1 atom stereocenters. The first kappa shape index (κ1) is 13.3. The van der Waals surface area contributed by atoms with Gasteiger partial charge in [0.2, 0.25) is 0 Å². The number of ketones is 1. The van der Waals surface area contributed by atoms with Gasteiger partial charge in [-0.3, -0.25) is 9.59 Å². The van der Waals surface area contributed by atoms with E-state index in [9.17, 15) is 9.59 Å². The number of benzene rings is 1. The van der Waals surface area contributed by atoms with Gasteiger partial charge in [0.1, 0.15) is 0 Å². The van der Waals surface area contributed by atoms with Crippen LogP contribution in [-0.4, -0.2) is 18.4 Å². The molecule has 98 valence electrons. The number of ether oxygens (including phenoxy) is 1. The minimum absolute atomic E-state index is 0.0416. The van der Waals surface area contributed by atoms with Crippen LogP contribution in [0.4, 0.5) is 0 Å². The third-order valence-electron chi connectivity index (χ3n) is 3.45. The lowest BCUT2D eigenvalue weighted by Crippen LogP contribution is -2.28. The first-order valence-electron chi connectivity index (χ1n) is 6.23. The van der Waals surface area contributed by atoms with Crippen molar-refractivity contribution in [1.29, 1.82) is 5.26 Å². The van der Waals surface area contributed by atoms with Gasteiger partial charge in [-0.05, 0) is 37.1 Å². The summed E-state index contributed by atoms with van der Waals surface area (Å²) in [6.07, 6.45) is 0.561. The molecular formula is C15H15NO3. The molecule has 0 amide bonds. The molecule has 0 aliphatic heterocycles. The van der Waals surface area contributed by atoms with Crippen molar-refractivity contribution in [1.82, 2.24) is 0 Å². The average Bonchev–Trinajstić information content (AvgIpc) is 2.61. The minimum Gasteiger partial charge on any atom is -0.466 e. The maximum absolute atomic E-state index is 12.4. The monoisotopic (exact) mass is 257 g/mol. The Morgan fingerprint density at radius 3 is 2.89 bits per heavy atom. The Labute approximate surface area is 112 Å². The molecule has 0 aromatic heterocycles. The Morgan fingerprint density at radius 2 is 2.26 bits per heavy atom. The van der Waals surface area contributed by atoms with Crippen LogP contribution >= 0.6 is 0 Å². The van der Waals surface area contributed by atoms with Crippen LogP contribution < -0.4 is 0 Å². The van der Waals surface area contributed by atoms with E-state index in [1.165, 1.54) is 0 Å². The van der Waals surface area contributed by atoms with Crippen molar-refractivity contribution in [3.8, 4) is 6.07 Å². The summed E-state index contributed by atoms with van der Waals surface area (Å²) in [5.74, 6) is -0.397. The third-order valence-corrected chi connectivity index (χ3v) is 3.45. The average molecular weight is 257 g/mol. The van der Waals surface area contributed by atoms with Gasteiger partial charge in [0.25, 0.3) is 0 Å². The van der Waals surface area contributed by atoms with Crippen LogP contribution in [0.2, 0.25) is 0 Å². The van der Waals surface area contributed by atoms with E-state index in [0.717, 1.165) is 5.56 Å². The van der Waals surface area contributed by atoms with Crippen molar-refractivity contribution in [2.24, 2.45) is 5.41 Å². The van der Waals surface area contributed by atoms with Crippen LogP contribution in [0.3, 0.4) is 0 Å². The fraction of sp³-hybridized carbons (Fsp3) is 0.400. The Kier molecular flexibility index (Phi) is 3.39.